The third-order valence-corrected chi connectivity index (χ3v) is 30.1. The maximum atomic E-state index is 13.1. The molecule has 0 rings (SSSR count). The first-order valence-electron chi connectivity index (χ1n) is 48.0. The minimum atomic E-state index is -4.12. The van der Waals surface area contributed by atoms with E-state index in [4.69, 9.17) is 0 Å². The zero-order chi connectivity index (χ0) is 105. The molecular formula is C102H202F24. The third kappa shape index (κ3) is 49.2. The molecule has 0 amide bonds. The molecule has 0 unspecified atom stereocenters. The summed E-state index contributed by atoms with van der Waals surface area (Å²) in [6.07, 6.45) is -18.8. The minimum Gasteiger partial charge on any atom is -0.171 e. The van der Waals surface area contributed by atoms with Gasteiger partial charge in [0.15, 0.2) is 0 Å². The summed E-state index contributed by atoms with van der Waals surface area (Å²) >= 11 is 0. The van der Waals surface area contributed by atoms with E-state index in [-0.39, 0.29) is 112 Å². The van der Waals surface area contributed by atoms with Gasteiger partial charge in [-0.05, 0) is 164 Å². The van der Waals surface area contributed by atoms with Crippen LogP contribution in [0, 0.1) is 124 Å². The van der Waals surface area contributed by atoms with Gasteiger partial charge in [0.1, 0.15) is 0 Å². The second kappa shape index (κ2) is 60.7. The summed E-state index contributed by atoms with van der Waals surface area (Å²) in [6.45, 7) is 90.1. The third-order valence-electron chi connectivity index (χ3n) is 30.1. The van der Waals surface area contributed by atoms with Gasteiger partial charge < -0.3 is 0 Å². The van der Waals surface area contributed by atoms with Crippen molar-refractivity contribution in [2.45, 2.75) is 536 Å². The van der Waals surface area contributed by atoms with Gasteiger partial charge in [0.25, 0.3) is 0 Å². The Morgan fingerprint density at radius 3 is 0.492 bits per heavy atom. The maximum Gasteiger partial charge on any atom is 0.394 e. The van der Waals surface area contributed by atoms with Gasteiger partial charge in [0.2, 0.25) is 0 Å². The number of alkyl halides is 24. The molecule has 0 aromatic rings. The Kier molecular flexibility index (Phi) is 71.0. The molecule has 778 valence electrons. The molecule has 0 bridgehead atoms. The van der Waals surface area contributed by atoms with Crippen LogP contribution in [0.25, 0.3) is 0 Å². The molecule has 0 aliphatic carbocycles. The highest BCUT2D eigenvalue weighted by molar-refractivity contribution is 4.96. The summed E-state index contributed by atoms with van der Waals surface area (Å²) < 4.78 is 302. The van der Waals surface area contributed by atoms with E-state index in [0.29, 0.717) is 66.6 Å². The molecule has 0 aromatic heterocycles. The molecule has 24 heteroatoms. The first kappa shape index (κ1) is 147. The summed E-state index contributed by atoms with van der Waals surface area (Å²) in [5.74, 6) is -0.154. The normalized spacial score (nSPS) is 15.8. The van der Waals surface area contributed by atoms with Crippen LogP contribution in [-0.4, -0.2) is 49.4 Å². The molecule has 0 N–H and O–H groups in total. The molecule has 0 aliphatic heterocycles. The number of rotatable bonds is 31. The minimum absolute atomic E-state index is 0.0478. The Bertz CT molecular complexity index is 2520. The van der Waals surface area contributed by atoms with Gasteiger partial charge in [-0.1, -0.05) is 403 Å². The summed E-state index contributed by atoms with van der Waals surface area (Å²) in [4.78, 5) is 0. The van der Waals surface area contributed by atoms with Gasteiger partial charge in [-0.2, -0.15) is 105 Å². The fourth-order valence-electron chi connectivity index (χ4n) is 17.1. The van der Waals surface area contributed by atoms with Crippen molar-refractivity contribution in [1.82, 2.24) is 0 Å². The summed E-state index contributed by atoms with van der Waals surface area (Å²) in [5.41, 5.74) is -10.8. The highest BCUT2D eigenvalue weighted by Gasteiger charge is 2.60. The lowest BCUT2D eigenvalue weighted by Gasteiger charge is -2.46. The summed E-state index contributed by atoms with van der Waals surface area (Å²) in [5, 5.41) is 0. The average Bonchev–Trinajstić information content (AvgIpc) is 0.763. The maximum absolute atomic E-state index is 13.1. The van der Waals surface area contributed by atoms with E-state index in [1.807, 2.05) is 83.1 Å². The molecule has 0 nitrogen and oxygen atoms in total. The first-order valence-corrected chi connectivity index (χ1v) is 48.0. The van der Waals surface area contributed by atoms with Crippen molar-refractivity contribution in [3.8, 4) is 0 Å². The largest absolute Gasteiger partial charge is 0.394 e. The molecule has 0 fully saturated rings. The van der Waals surface area contributed by atoms with E-state index in [9.17, 15) is 105 Å². The summed E-state index contributed by atoms with van der Waals surface area (Å²) in [6, 6.07) is 0. The Morgan fingerprint density at radius 1 is 0.198 bits per heavy atom. The van der Waals surface area contributed by atoms with E-state index < -0.39 is 98.1 Å². The van der Waals surface area contributed by atoms with E-state index in [1.165, 1.54) is 101 Å². The lowest BCUT2D eigenvalue weighted by molar-refractivity contribution is -0.259. The zero-order valence-corrected chi connectivity index (χ0v) is 90.0. The van der Waals surface area contributed by atoms with E-state index in [2.05, 4.69) is 104 Å². The number of halogens is 24. The van der Waals surface area contributed by atoms with Crippen molar-refractivity contribution >= 4 is 0 Å². The number of hydrogen-bond acceptors (Lipinski definition) is 0. The van der Waals surface area contributed by atoms with Crippen LogP contribution >= 0.6 is 0 Å². The molecule has 0 radical (unpaired) electrons. The van der Waals surface area contributed by atoms with Crippen LogP contribution in [0.2, 0.25) is 0 Å². The first-order chi connectivity index (χ1) is 55.4. The van der Waals surface area contributed by atoms with Crippen LogP contribution in [0.4, 0.5) is 105 Å². The Hall–Kier alpha value is -1.68. The predicted molar refractivity (Wildman–Crippen MR) is 496 cm³/mol. The molecule has 0 aromatic carbocycles. The highest BCUT2D eigenvalue weighted by atomic mass is 19.4. The molecule has 0 saturated heterocycles. The highest BCUT2D eigenvalue weighted by Crippen LogP contribution is 2.58. The van der Waals surface area contributed by atoms with Crippen LogP contribution in [0.1, 0.15) is 487 Å². The average molecular weight is 1880 g/mol. The molecule has 0 aliphatic rings. The van der Waals surface area contributed by atoms with Crippen molar-refractivity contribution < 1.29 is 105 Å². The van der Waals surface area contributed by atoms with Crippen LogP contribution in [-0.2, 0) is 0 Å². The zero-order valence-electron chi connectivity index (χ0n) is 90.0. The van der Waals surface area contributed by atoms with E-state index in [1.54, 1.807) is 90.0 Å². The second-order valence-electron chi connectivity index (χ2n) is 43.4. The van der Waals surface area contributed by atoms with Gasteiger partial charge in [-0.3, -0.25) is 0 Å². The van der Waals surface area contributed by atoms with Gasteiger partial charge in [0.05, 0.1) is 43.3 Å². The van der Waals surface area contributed by atoms with Crippen molar-refractivity contribution in [3.63, 3.8) is 0 Å². The van der Waals surface area contributed by atoms with Crippen molar-refractivity contribution in [2.24, 2.45) is 124 Å². The van der Waals surface area contributed by atoms with E-state index >= 15 is 0 Å². The predicted octanol–water partition coefficient (Wildman–Crippen LogP) is 43.7. The monoisotopic (exact) mass is 1880 g/mol. The molecule has 0 spiro atoms. The molecular weight excluding hydrogens is 1680 g/mol. The van der Waals surface area contributed by atoms with Crippen LogP contribution < -0.4 is 0 Å². The van der Waals surface area contributed by atoms with Gasteiger partial charge >= 0.3 is 49.4 Å². The molecule has 0 heterocycles. The standard InChI is InChI=1S/C12H23F3.2C11H21F3.C10H19F3.C10H22.C9H17F3.C9H20.2C8H15F3.C7H13F3.C7H16/c1-7-11(6,12(13,14)15)10(8(2)3)9(4)5;1-7(2)9(8(3)4)10(5,6)11(12,13)14;1-6-9(4,7-2)10(5,8-3)11(12,13)14;1-5-8(6-2)9(4,7-3)10(11,12)13;1-7-10(6,8-2)9(3,4)5;1-4-6-8(3,7-5-2)9(10,11)12;1-6-8(7-2)9(3,4)5;1-5-7(4,6(2)3)8(9,10)11;1-4-6-7(3,5-2)8(9,10)11;1-4-6(3,5-2)7(8,9)10;1-5-6-7(2,3)4/h8-10H,7H2,1-6H3;7-9H,1-6H3;6-8H2,1-5H3;8H,5-7H2,1-4H3;7-8H2,1-6H3;4-7H2,1-3H3;8H,6-7H2,1-5H3;6H,5H2,1-4H3;4-6H2,1-3H3;4-5H2,1-3H3;5-6H2,1-4H3/t11-;;10-;9-;;;;2*7-;;/m0.00...00../s1. The summed E-state index contributed by atoms with van der Waals surface area (Å²) in [7, 11) is 0. The Morgan fingerprint density at radius 2 is 0.437 bits per heavy atom. The second-order valence-corrected chi connectivity index (χ2v) is 43.4. The van der Waals surface area contributed by atoms with Crippen molar-refractivity contribution in [3.05, 3.63) is 0 Å². The Labute approximate surface area is 762 Å². The van der Waals surface area contributed by atoms with Gasteiger partial charge in [-0.15, -0.1) is 0 Å². The molecule has 126 heavy (non-hydrogen) atoms. The quantitative estimate of drug-likeness (QED) is 0.0607. The van der Waals surface area contributed by atoms with Gasteiger partial charge in [0, 0.05) is 0 Å². The van der Waals surface area contributed by atoms with Crippen LogP contribution in [0.15, 0.2) is 0 Å². The molecule has 0 saturated carbocycles. The Balaban J connectivity index is -0.000000129. The van der Waals surface area contributed by atoms with Crippen molar-refractivity contribution in [1.29, 1.82) is 0 Å². The van der Waals surface area contributed by atoms with Gasteiger partial charge in [-0.25, -0.2) is 0 Å². The fourth-order valence-corrected chi connectivity index (χ4v) is 17.1. The smallest absolute Gasteiger partial charge is 0.171 e. The topological polar surface area (TPSA) is 0 Å². The van der Waals surface area contributed by atoms with E-state index in [0.717, 1.165) is 5.92 Å². The van der Waals surface area contributed by atoms with Crippen LogP contribution in [0.5, 0.6) is 0 Å². The van der Waals surface area contributed by atoms with Crippen LogP contribution in [0.3, 0.4) is 0 Å². The molecule has 5 atom stereocenters. The lowest BCUT2D eigenvalue weighted by Crippen LogP contribution is -2.47. The SMILES string of the molecule is CC(C)C(C(C)C)C(C)(C)C(F)(F)F.CCC(C)(CC)C(C)(C)C.CCC(C)(CC)C(F)(F)F.CCC(C)(CC)[C@](C)(CC)C(F)(F)F.CCC(CC)C(C)(C)C.CCC(CC)[C@](C)(CC)C(F)(F)F.CCCC(C)(C)C.CCCC(C)(CCC)C(F)(F)F.CCC[C@](C)(CC)C(F)(F)F.CC[C@@](C)(C(C(C)C)C(C)C)C(F)(F)F.CC[C@@](C)(C(C)C)C(F)(F)F. The number of hydrogen-bond donors (Lipinski definition) is 0. The fraction of sp³-hybridized carbons (Fsp3) is 1.00. The van der Waals surface area contributed by atoms with Crippen molar-refractivity contribution in [2.75, 3.05) is 0 Å². The lowest BCUT2D eigenvalue weighted by atomic mass is 9.60.